The standard InChI is InChI=1S/C19H25N3O2/c1-23-17-8-5-9-18(24-2)16(17)13-21-15-7-6-12-22(14-15)19-10-3-4-11-20-19/h3-5,8-11,15,21H,6-7,12-14H2,1-2H3. The Hall–Kier alpha value is -2.27. The molecule has 1 aliphatic rings. The number of hydrogen-bond donors (Lipinski definition) is 1. The van der Waals surface area contributed by atoms with E-state index in [1.165, 1.54) is 6.42 Å². The van der Waals surface area contributed by atoms with Crippen LogP contribution < -0.4 is 19.7 Å². The van der Waals surface area contributed by atoms with Crippen molar-refractivity contribution >= 4 is 5.82 Å². The van der Waals surface area contributed by atoms with Crippen LogP contribution in [0.2, 0.25) is 0 Å². The fourth-order valence-electron chi connectivity index (χ4n) is 3.24. The summed E-state index contributed by atoms with van der Waals surface area (Å²) in [6.45, 7) is 2.76. The summed E-state index contributed by atoms with van der Waals surface area (Å²) < 4.78 is 11.0. The molecule has 1 fully saturated rings. The molecule has 1 N–H and O–H groups in total. The van der Waals surface area contributed by atoms with Gasteiger partial charge in [-0.25, -0.2) is 4.98 Å². The number of benzene rings is 1. The van der Waals surface area contributed by atoms with Gasteiger partial charge in [0.15, 0.2) is 0 Å². The van der Waals surface area contributed by atoms with Crippen molar-refractivity contribution in [1.82, 2.24) is 10.3 Å². The number of hydrogen-bond acceptors (Lipinski definition) is 5. The van der Waals surface area contributed by atoms with Gasteiger partial charge in [-0.05, 0) is 37.1 Å². The molecule has 0 aliphatic carbocycles. The lowest BCUT2D eigenvalue weighted by molar-refractivity contribution is 0.371. The Morgan fingerprint density at radius 1 is 1.12 bits per heavy atom. The number of aromatic nitrogens is 1. The third kappa shape index (κ3) is 3.79. The summed E-state index contributed by atoms with van der Waals surface area (Å²) in [4.78, 5) is 6.82. The number of nitrogens with zero attached hydrogens (tertiary/aromatic N) is 2. The second-order valence-electron chi connectivity index (χ2n) is 6.00. The smallest absolute Gasteiger partial charge is 0.128 e. The van der Waals surface area contributed by atoms with Crippen molar-refractivity contribution in [3.63, 3.8) is 0 Å². The molecule has 5 nitrogen and oxygen atoms in total. The average molecular weight is 327 g/mol. The second-order valence-corrected chi connectivity index (χ2v) is 6.00. The Morgan fingerprint density at radius 3 is 2.58 bits per heavy atom. The maximum Gasteiger partial charge on any atom is 0.128 e. The first-order valence-corrected chi connectivity index (χ1v) is 8.41. The van der Waals surface area contributed by atoms with Gasteiger partial charge in [0.25, 0.3) is 0 Å². The van der Waals surface area contributed by atoms with Crippen molar-refractivity contribution in [2.45, 2.75) is 25.4 Å². The normalized spacial score (nSPS) is 17.6. The minimum absolute atomic E-state index is 0.426. The van der Waals surface area contributed by atoms with Crippen LogP contribution in [-0.2, 0) is 6.54 Å². The minimum Gasteiger partial charge on any atom is -0.496 e. The maximum absolute atomic E-state index is 5.48. The molecule has 1 unspecified atom stereocenters. The predicted molar refractivity (Wildman–Crippen MR) is 95.9 cm³/mol. The largest absolute Gasteiger partial charge is 0.496 e. The molecule has 1 aliphatic heterocycles. The van der Waals surface area contributed by atoms with Gasteiger partial charge in [-0.3, -0.25) is 0 Å². The van der Waals surface area contributed by atoms with Crippen LogP contribution in [-0.4, -0.2) is 38.3 Å². The molecular formula is C19H25N3O2. The number of ether oxygens (including phenoxy) is 2. The monoisotopic (exact) mass is 327 g/mol. The van der Waals surface area contributed by atoms with E-state index in [4.69, 9.17) is 9.47 Å². The molecule has 1 aromatic carbocycles. The van der Waals surface area contributed by atoms with Crippen LogP contribution in [0.15, 0.2) is 42.6 Å². The first-order valence-electron chi connectivity index (χ1n) is 8.41. The molecule has 5 heteroatoms. The Balaban J connectivity index is 1.65. The fourth-order valence-corrected chi connectivity index (χ4v) is 3.24. The van der Waals surface area contributed by atoms with Gasteiger partial charge in [0.05, 0.1) is 14.2 Å². The Kier molecular flexibility index (Phi) is 5.54. The number of methoxy groups -OCH3 is 2. The minimum atomic E-state index is 0.426. The molecule has 2 aromatic rings. The maximum atomic E-state index is 5.48. The number of nitrogens with one attached hydrogen (secondary N) is 1. The molecule has 24 heavy (non-hydrogen) atoms. The van der Waals surface area contributed by atoms with E-state index in [0.717, 1.165) is 48.9 Å². The zero-order valence-electron chi connectivity index (χ0n) is 14.4. The highest BCUT2D eigenvalue weighted by Crippen LogP contribution is 2.28. The lowest BCUT2D eigenvalue weighted by atomic mass is 10.0. The molecule has 0 spiro atoms. The van der Waals surface area contributed by atoms with E-state index >= 15 is 0 Å². The third-order valence-electron chi connectivity index (χ3n) is 4.49. The van der Waals surface area contributed by atoms with Crippen molar-refractivity contribution in [2.75, 3.05) is 32.2 Å². The van der Waals surface area contributed by atoms with Gasteiger partial charge in [-0.2, -0.15) is 0 Å². The van der Waals surface area contributed by atoms with Crippen molar-refractivity contribution in [2.24, 2.45) is 0 Å². The van der Waals surface area contributed by atoms with Gasteiger partial charge in [0.1, 0.15) is 17.3 Å². The summed E-state index contributed by atoms with van der Waals surface area (Å²) in [5, 5.41) is 3.66. The SMILES string of the molecule is COc1cccc(OC)c1CNC1CCCN(c2ccccn2)C1. The molecule has 1 saturated heterocycles. The van der Waals surface area contributed by atoms with E-state index in [1.807, 2.05) is 36.5 Å². The van der Waals surface area contributed by atoms with Crippen LogP contribution in [0.3, 0.4) is 0 Å². The van der Waals surface area contributed by atoms with Crippen molar-refractivity contribution in [3.05, 3.63) is 48.2 Å². The summed E-state index contributed by atoms with van der Waals surface area (Å²) in [5.41, 5.74) is 1.07. The highest BCUT2D eigenvalue weighted by atomic mass is 16.5. The van der Waals surface area contributed by atoms with Gasteiger partial charge in [0.2, 0.25) is 0 Å². The lowest BCUT2D eigenvalue weighted by Crippen LogP contribution is -2.45. The third-order valence-corrected chi connectivity index (χ3v) is 4.49. The molecule has 0 bridgehead atoms. The van der Waals surface area contributed by atoms with Crippen LogP contribution in [0.1, 0.15) is 18.4 Å². The summed E-state index contributed by atoms with van der Waals surface area (Å²) in [7, 11) is 3.39. The average Bonchev–Trinajstić information content (AvgIpc) is 2.67. The quantitative estimate of drug-likeness (QED) is 0.884. The van der Waals surface area contributed by atoms with E-state index in [-0.39, 0.29) is 0 Å². The van der Waals surface area contributed by atoms with Gasteiger partial charge in [-0.1, -0.05) is 12.1 Å². The summed E-state index contributed by atoms with van der Waals surface area (Å²) in [6, 6.07) is 12.4. The Morgan fingerprint density at radius 2 is 1.92 bits per heavy atom. The summed E-state index contributed by atoms with van der Waals surface area (Å²) in [6.07, 6.45) is 4.18. The zero-order valence-corrected chi connectivity index (χ0v) is 14.4. The number of rotatable bonds is 6. The van der Waals surface area contributed by atoms with Crippen LogP contribution >= 0.6 is 0 Å². The number of anilines is 1. The summed E-state index contributed by atoms with van der Waals surface area (Å²) in [5.74, 6) is 2.78. The Bertz CT molecular complexity index is 626. The van der Waals surface area contributed by atoms with Crippen LogP contribution in [0.5, 0.6) is 11.5 Å². The first kappa shape index (κ1) is 16.6. The van der Waals surface area contributed by atoms with Crippen molar-refractivity contribution < 1.29 is 9.47 Å². The number of pyridine rings is 1. The van der Waals surface area contributed by atoms with E-state index in [1.54, 1.807) is 14.2 Å². The highest BCUT2D eigenvalue weighted by Gasteiger charge is 2.21. The molecular weight excluding hydrogens is 302 g/mol. The van der Waals surface area contributed by atoms with Crippen LogP contribution in [0.4, 0.5) is 5.82 Å². The lowest BCUT2D eigenvalue weighted by Gasteiger charge is -2.34. The van der Waals surface area contributed by atoms with Gasteiger partial charge in [0, 0.05) is 37.4 Å². The van der Waals surface area contributed by atoms with Gasteiger partial charge in [-0.15, -0.1) is 0 Å². The van der Waals surface area contributed by atoms with E-state index < -0.39 is 0 Å². The van der Waals surface area contributed by atoms with Crippen LogP contribution in [0.25, 0.3) is 0 Å². The fraction of sp³-hybridized carbons (Fsp3) is 0.421. The van der Waals surface area contributed by atoms with Crippen molar-refractivity contribution in [1.29, 1.82) is 0 Å². The first-order chi connectivity index (χ1) is 11.8. The molecule has 0 radical (unpaired) electrons. The molecule has 3 rings (SSSR count). The zero-order chi connectivity index (χ0) is 16.8. The molecule has 2 heterocycles. The van der Waals surface area contributed by atoms with E-state index in [9.17, 15) is 0 Å². The van der Waals surface area contributed by atoms with Crippen LogP contribution in [0, 0.1) is 0 Å². The molecule has 1 atom stereocenters. The number of piperidine rings is 1. The molecule has 0 saturated carbocycles. The van der Waals surface area contributed by atoms with E-state index in [2.05, 4.69) is 21.3 Å². The van der Waals surface area contributed by atoms with Gasteiger partial charge < -0.3 is 19.7 Å². The van der Waals surface area contributed by atoms with Gasteiger partial charge >= 0.3 is 0 Å². The molecule has 1 aromatic heterocycles. The molecule has 0 amide bonds. The summed E-state index contributed by atoms with van der Waals surface area (Å²) >= 11 is 0. The highest BCUT2D eigenvalue weighted by molar-refractivity contribution is 5.45. The van der Waals surface area contributed by atoms with Crippen molar-refractivity contribution in [3.8, 4) is 11.5 Å². The molecule has 128 valence electrons. The second kappa shape index (κ2) is 8.02. The predicted octanol–water partition coefficient (Wildman–Crippen LogP) is 2.86. The van der Waals surface area contributed by atoms with E-state index in [0.29, 0.717) is 6.04 Å². The Labute approximate surface area is 143 Å². The topological polar surface area (TPSA) is 46.6 Å².